The molecule has 0 aromatic carbocycles. The minimum atomic E-state index is -0.458. The number of nitrogens with two attached hydrogens (primary N) is 1. The molecule has 1 saturated heterocycles. The van der Waals surface area contributed by atoms with Gasteiger partial charge in [0, 0.05) is 12.8 Å². The highest BCUT2D eigenvalue weighted by Gasteiger charge is 2.33. The van der Waals surface area contributed by atoms with E-state index in [1.807, 2.05) is 0 Å². The standard InChI is InChI=1S/C9H12BrN3O/c10-7-4-12-6-13-8(7)9(11)2-1-3-14-5-9/h4,6H,1-3,5,11H2. The van der Waals surface area contributed by atoms with Gasteiger partial charge in [-0.25, -0.2) is 9.97 Å². The molecular formula is C9H12BrN3O. The van der Waals surface area contributed by atoms with Crippen LogP contribution < -0.4 is 5.73 Å². The van der Waals surface area contributed by atoms with Gasteiger partial charge in [-0.05, 0) is 28.8 Å². The van der Waals surface area contributed by atoms with E-state index < -0.39 is 5.54 Å². The molecule has 2 N–H and O–H groups in total. The van der Waals surface area contributed by atoms with Gasteiger partial charge in [0.2, 0.25) is 0 Å². The number of aromatic nitrogens is 2. The molecule has 2 rings (SSSR count). The average Bonchev–Trinajstić information content (AvgIpc) is 2.19. The molecule has 1 unspecified atom stereocenters. The van der Waals surface area contributed by atoms with Crippen molar-refractivity contribution >= 4 is 15.9 Å². The van der Waals surface area contributed by atoms with Gasteiger partial charge in [0.15, 0.2) is 0 Å². The first-order chi connectivity index (χ1) is 6.72. The van der Waals surface area contributed by atoms with Crippen molar-refractivity contribution in [1.29, 1.82) is 0 Å². The van der Waals surface area contributed by atoms with Crippen molar-refractivity contribution in [3.05, 3.63) is 22.7 Å². The van der Waals surface area contributed by atoms with Crippen LogP contribution in [0.3, 0.4) is 0 Å². The molecule has 1 aromatic rings. The van der Waals surface area contributed by atoms with E-state index in [0.29, 0.717) is 6.61 Å². The summed E-state index contributed by atoms with van der Waals surface area (Å²) in [5, 5.41) is 0. The quantitative estimate of drug-likeness (QED) is 0.822. The van der Waals surface area contributed by atoms with Crippen molar-refractivity contribution in [2.45, 2.75) is 18.4 Å². The molecule has 5 heteroatoms. The van der Waals surface area contributed by atoms with Crippen molar-refractivity contribution in [2.24, 2.45) is 5.73 Å². The van der Waals surface area contributed by atoms with Gasteiger partial charge < -0.3 is 10.5 Å². The van der Waals surface area contributed by atoms with Crippen LogP contribution in [0.5, 0.6) is 0 Å². The van der Waals surface area contributed by atoms with Crippen molar-refractivity contribution < 1.29 is 4.74 Å². The minimum absolute atomic E-state index is 0.458. The third kappa shape index (κ3) is 1.80. The summed E-state index contributed by atoms with van der Waals surface area (Å²) in [4.78, 5) is 8.13. The Hall–Kier alpha value is -0.520. The molecule has 0 aliphatic carbocycles. The van der Waals surface area contributed by atoms with Crippen LogP contribution in [0.15, 0.2) is 17.0 Å². The molecule has 1 atom stereocenters. The Labute approximate surface area is 91.0 Å². The number of rotatable bonds is 1. The molecule has 2 heterocycles. The van der Waals surface area contributed by atoms with Crippen LogP contribution in [-0.4, -0.2) is 23.2 Å². The average molecular weight is 258 g/mol. The second-order valence-corrected chi connectivity index (χ2v) is 4.39. The fourth-order valence-electron chi connectivity index (χ4n) is 1.68. The van der Waals surface area contributed by atoms with E-state index in [1.165, 1.54) is 6.33 Å². The molecule has 1 aromatic heterocycles. The van der Waals surface area contributed by atoms with E-state index in [1.54, 1.807) is 6.20 Å². The highest BCUT2D eigenvalue weighted by Crippen LogP contribution is 2.30. The molecular weight excluding hydrogens is 246 g/mol. The first-order valence-corrected chi connectivity index (χ1v) is 5.34. The summed E-state index contributed by atoms with van der Waals surface area (Å²) in [6.45, 7) is 1.32. The Bertz CT molecular complexity index is 326. The third-order valence-corrected chi connectivity index (χ3v) is 2.99. The second kappa shape index (κ2) is 3.92. The van der Waals surface area contributed by atoms with Crippen molar-refractivity contribution in [3.8, 4) is 0 Å². The van der Waals surface area contributed by atoms with Crippen molar-refractivity contribution in [1.82, 2.24) is 9.97 Å². The summed E-state index contributed by atoms with van der Waals surface area (Å²) in [6.07, 6.45) is 5.12. The maximum atomic E-state index is 6.24. The zero-order chi connectivity index (χ0) is 10.0. The van der Waals surface area contributed by atoms with E-state index in [2.05, 4.69) is 25.9 Å². The summed E-state index contributed by atoms with van der Waals surface area (Å²) in [6, 6.07) is 0. The van der Waals surface area contributed by atoms with Crippen LogP contribution in [0.1, 0.15) is 18.5 Å². The van der Waals surface area contributed by atoms with Gasteiger partial charge >= 0.3 is 0 Å². The summed E-state index contributed by atoms with van der Waals surface area (Å²) in [5.41, 5.74) is 6.62. The van der Waals surface area contributed by atoms with E-state index in [4.69, 9.17) is 10.5 Å². The smallest absolute Gasteiger partial charge is 0.115 e. The zero-order valence-corrected chi connectivity index (χ0v) is 9.33. The lowest BCUT2D eigenvalue weighted by molar-refractivity contribution is 0.0345. The molecule has 14 heavy (non-hydrogen) atoms. The molecule has 0 amide bonds. The SMILES string of the molecule is NC1(c2ncncc2Br)CCCOC1. The highest BCUT2D eigenvalue weighted by atomic mass is 79.9. The zero-order valence-electron chi connectivity index (χ0n) is 7.74. The number of nitrogens with zero attached hydrogens (tertiary/aromatic N) is 2. The number of ether oxygens (including phenoxy) is 1. The van der Waals surface area contributed by atoms with E-state index in [-0.39, 0.29) is 0 Å². The van der Waals surface area contributed by atoms with E-state index in [0.717, 1.165) is 29.6 Å². The van der Waals surface area contributed by atoms with Gasteiger partial charge in [-0.2, -0.15) is 0 Å². The van der Waals surface area contributed by atoms with Gasteiger partial charge in [0.1, 0.15) is 6.33 Å². The fraction of sp³-hybridized carbons (Fsp3) is 0.556. The third-order valence-electron chi connectivity index (χ3n) is 2.41. The number of hydrogen-bond acceptors (Lipinski definition) is 4. The minimum Gasteiger partial charge on any atom is -0.379 e. The molecule has 1 aliphatic rings. The molecule has 1 aliphatic heterocycles. The second-order valence-electron chi connectivity index (χ2n) is 3.53. The Morgan fingerprint density at radius 2 is 2.43 bits per heavy atom. The van der Waals surface area contributed by atoms with Crippen LogP contribution >= 0.6 is 15.9 Å². The first-order valence-electron chi connectivity index (χ1n) is 4.55. The Kier molecular flexibility index (Phi) is 2.80. The van der Waals surface area contributed by atoms with Crippen molar-refractivity contribution in [2.75, 3.05) is 13.2 Å². The monoisotopic (exact) mass is 257 g/mol. The normalized spacial score (nSPS) is 27.6. The highest BCUT2D eigenvalue weighted by molar-refractivity contribution is 9.10. The first kappa shape index (κ1) is 10.0. The summed E-state index contributed by atoms with van der Waals surface area (Å²) in [7, 11) is 0. The predicted octanol–water partition coefficient (Wildman–Crippen LogP) is 1.20. The molecule has 0 spiro atoms. The summed E-state index contributed by atoms with van der Waals surface area (Å²) >= 11 is 3.41. The molecule has 0 saturated carbocycles. The summed E-state index contributed by atoms with van der Waals surface area (Å²) < 4.78 is 6.24. The topological polar surface area (TPSA) is 61.0 Å². The molecule has 0 bridgehead atoms. The number of hydrogen-bond donors (Lipinski definition) is 1. The Morgan fingerprint density at radius 3 is 3.07 bits per heavy atom. The van der Waals surface area contributed by atoms with Crippen LogP contribution in [0.2, 0.25) is 0 Å². The van der Waals surface area contributed by atoms with Crippen molar-refractivity contribution in [3.63, 3.8) is 0 Å². The summed E-state index contributed by atoms with van der Waals surface area (Å²) in [5.74, 6) is 0. The predicted molar refractivity (Wildman–Crippen MR) is 55.7 cm³/mol. The lowest BCUT2D eigenvalue weighted by Gasteiger charge is -2.32. The molecule has 0 radical (unpaired) electrons. The van der Waals surface area contributed by atoms with Crippen LogP contribution in [-0.2, 0) is 10.3 Å². The van der Waals surface area contributed by atoms with Gasteiger partial charge in [-0.15, -0.1) is 0 Å². The Morgan fingerprint density at radius 1 is 1.57 bits per heavy atom. The van der Waals surface area contributed by atoms with Crippen LogP contribution in [0.4, 0.5) is 0 Å². The maximum Gasteiger partial charge on any atom is 0.115 e. The van der Waals surface area contributed by atoms with E-state index in [9.17, 15) is 0 Å². The van der Waals surface area contributed by atoms with Gasteiger partial charge in [0.05, 0.1) is 22.3 Å². The largest absolute Gasteiger partial charge is 0.379 e. The molecule has 1 fully saturated rings. The lowest BCUT2D eigenvalue weighted by Crippen LogP contribution is -2.45. The van der Waals surface area contributed by atoms with Crippen LogP contribution in [0.25, 0.3) is 0 Å². The number of halogens is 1. The Balaban J connectivity index is 2.32. The van der Waals surface area contributed by atoms with Gasteiger partial charge in [-0.3, -0.25) is 0 Å². The maximum absolute atomic E-state index is 6.24. The van der Waals surface area contributed by atoms with Crippen LogP contribution in [0, 0.1) is 0 Å². The lowest BCUT2D eigenvalue weighted by atomic mass is 9.90. The van der Waals surface area contributed by atoms with Gasteiger partial charge in [-0.1, -0.05) is 0 Å². The van der Waals surface area contributed by atoms with E-state index >= 15 is 0 Å². The molecule has 76 valence electrons. The molecule has 4 nitrogen and oxygen atoms in total. The fourth-order valence-corrected chi connectivity index (χ4v) is 2.30. The van der Waals surface area contributed by atoms with Gasteiger partial charge in [0.25, 0.3) is 0 Å².